The second kappa shape index (κ2) is 4.83. The van der Waals surface area contributed by atoms with Crippen molar-refractivity contribution in [3.63, 3.8) is 0 Å². The SMILES string of the molecule is [B]c1c(C)sc(C)c1S(=O)(=O)c1ccc(Br)cc1. The van der Waals surface area contributed by atoms with Crippen LogP contribution in [0.4, 0.5) is 0 Å². The summed E-state index contributed by atoms with van der Waals surface area (Å²) in [6, 6.07) is 6.56. The first-order valence-corrected chi connectivity index (χ1v) is 8.29. The van der Waals surface area contributed by atoms with Crippen molar-refractivity contribution in [2.45, 2.75) is 23.6 Å². The Labute approximate surface area is 121 Å². The van der Waals surface area contributed by atoms with E-state index in [1.807, 2.05) is 6.92 Å². The summed E-state index contributed by atoms with van der Waals surface area (Å²) in [7, 11) is 2.35. The highest BCUT2D eigenvalue weighted by Crippen LogP contribution is 2.28. The predicted octanol–water partition coefficient (Wildman–Crippen LogP) is 2.75. The van der Waals surface area contributed by atoms with Crippen LogP contribution in [0.3, 0.4) is 0 Å². The third-order valence-corrected chi connectivity index (χ3v) is 6.29. The van der Waals surface area contributed by atoms with Gasteiger partial charge in [0.15, 0.2) is 0 Å². The summed E-state index contributed by atoms with van der Waals surface area (Å²) in [6.07, 6.45) is 0. The Kier molecular flexibility index (Phi) is 3.71. The maximum Gasteiger partial charge on any atom is 0.207 e. The molecule has 2 nitrogen and oxygen atoms in total. The van der Waals surface area contributed by atoms with Crippen molar-refractivity contribution in [3.8, 4) is 0 Å². The first-order valence-electron chi connectivity index (χ1n) is 5.20. The van der Waals surface area contributed by atoms with E-state index in [9.17, 15) is 8.42 Å². The molecule has 1 aromatic carbocycles. The third-order valence-electron chi connectivity index (χ3n) is 2.64. The fourth-order valence-electron chi connectivity index (χ4n) is 1.75. The Morgan fingerprint density at radius 2 is 1.67 bits per heavy atom. The van der Waals surface area contributed by atoms with Crippen LogP contribution >= 0.6 is 27.3 Å². The number of rotatable bonds is 2. The molecule has 0 saturated carbocycles. The monoisotopic (exact) mass is 340 g/mol. The summed E-state index contributed by atoms with van der Waals surface area (Å²) in [6.45, 7) is 3.60. The largest absolute Gasteiger partial charge is 0.218 e. The van der Waals surface area contributed by atoms with Gasteiger partial charge in [0.1, 0.15) is 7.85 Å². The molecule has 2 rings (SSSR count). The van der Waals surface area contributed by atoms with E-state index in [-0.39, 0.29) is 9.79 Å². The molecule has 0 atom stereocenters. The summed E-state index contributed by atoms with van der Waals surface area (Å²) in [4.78, 5) is 2.07. The maximum atomic E-state index is 12.5. The molecule has 0 spiro atoms. The van der Waals surface area contributed by atoms with Gasteiger partial charge in [0.25, 0.3) is 0 Å². The normalized spacial score (nSPS) is 11.7. The molecule has 0 aliphatic rings. The maximum absolute atomic E-state index is 12.5. The number of halogens is 1. The molecule has 1 aromatic heterocycles. The Bertz CT molecular complexity index is 688. The molecule has 0 aliphatic heterocycles. The van der Waals surface area contributed by atoms with Gasteiger partial charge in [-0.3, -0.25) is 0 Å². The van der Waals surface area contributed by atoms with Crippen LogP contribution in [0.1, 0.15) is 9.75 Å². The van der Waals surface area contributed by atoms with Gasteiger partial charge < -0.3 is 0 Å². The van der Waals surface area contributed by atoms with Gasteiger partial charge in [0, 0.05) is 9.35 Å². The van der Waals surface area contributed by atoms with Gasteiger partial charge >= 0.3 is 0 Å². The lowest BCUT2D eigenvalue weighted by atomic mass is 9.97. The molecule has 0 N–H and O–H groups in total. The van der Waals surface area contributed by atoms with Crippen LogP contribution in [-0.2, 0) is 9.84 Å². The van der Waals surface area contributed by atoms with Crippen LogP contribution in [0.5, 0.6) is 0 Å². The quantitative estimate of drug-likeness (QED) is 0.788. The number of benzene rings is 1. The standard InChI is InChI=1S/C12H10BBrO2S2/c1-7-11(13)12(8(2)17-7)18(15,16)10-5-3-9(14)4-6-10/h3-6H,1-2H3. The van der Waals surface area contributed by atoms with Gasteiger partial charge in [-0.25, -0.2) is 8.42 Å². The van der Waals surface area contributed by atoms with E-state index in [1.165, 1.54) is 11.3 Å². The molecule has 0 fully saturated rings. The highest BCUT2D eigenvalue weighted by atomic mass is 79.9. The molecule has 2 aromatic rings. The molecule has 0 unspecified atom stereocenters. The molecular formula is C12H10BBrO2S2. The van der Waals surface area contributed by atoms with Crippen molar-refractivity contribution in [3.05, 3.63) is 38.5 Å². The van der Waals surface area contributed by atoms with E-state index in [0.29, 0.717) is 5.46 Å². The van der Waals surface area contributed by atoms with Crippen LogP contribution in [0, 0.1) is 13.8 Å². The van der Waals surface area contributed by atoms with Gasteiger partial charge in [0.2, 0.25) is 9.84 Å². The zero-order valence-electron chi connectivity index (χ0n) is 9.90. The Morgan fingerprint density at radius 1 is 1.11 bits per heavy atom. The minimum absolute atomic E-state index is 0.243. The second-order valence-corrected chi connectivity index (χ2v) is 8.15. The topological polar surface area (TPSA) is 34.1 Å². The molecule has 0 amide bonds. The number of hydrogen-bond acceptors (Lipinski definition) is 3. The van der Waals surface area contributed by atoms with Gasteiger partial charge in [-0.15, -0.1) is 11.3 Å². The number of hydrogen-bond donors (Lipinski definition) is 0. The van der Waals surface area contributed by atoms with Crippen molar-refractivity contribution in [2.24, 2.45) is 0 Å². The second-order valence-electron chi connectivity index (χ2n) is 3.91. The Hall–Kier alpha value is -0.585. The number of thiophene rings is 1. The lowest BCUT2D eigenvalue weighted by molar-refractivity contribution is 0.596. The van der Waals surface area contributed by atoms with Gasteiger partial charge in [-0.1, -0.05) is 21.4 Å². The van der Waals surface area contributed by atoms with E-state index in [4.69, 9.17) is 7.85 Å². The van der Waals surface area contributed by atoms with E-state index in [1.54, 1.807) is 31.2 Å². The Balaban J connectivity index is 2.65. The lowest BCUT2D eigenvalue weighted by Gasteiger charge is -2.06. The first kappa shape index (κ1) is 13.8. The smallest absolute Gasteiger partial charge is 0.207 e. The van der Waals surface area contributed by atoms with E-state index < -0.39 is 9.84 Å². The molecule has 2 radical (unpaired) electrons. The minimum Gasteiger partial charge on any atom is -0.218 e. The van der Waals surface area contributed by atoms with Gasteiger partial charge in [0.05, 0.1) is 9.79 Å². The summed E-state index contributed by atoms with van der Waals surface area (Å²) < 4.78 is 25.9. The predicted molar refractivity (Wildman–Crippen MR) is 78.8 cm³/mol. The summed E-state index contributed by atoms with van der Waals surface area (Å²) >= 11 is 4.69. The van der Waals surface area contributed by atoms with Crippen molar-refractivity contribution < 1.29 is 8.42 Å². The average Bonchev–Trinajstić information content (AvgIpc) is 2.54. The van der Waals surface area contributed by atoms with E-state index >= 15 is 0 Å². The average molecular weight is 341 g/mol. The first-order chi connectivity index (χ1) is 8.34. The molecule has 18 heavy (non-hydrogen) atoms. The zero-order valence-corrected chi connectivity index (χ0v) is 13.1. The van der Waals surface area contributed by atoms with Gasteiger partial charge in [-0.2, -0.15) is 0 Å². The van der Waals surface area contributed by atoms with Crippen molar-refractivity contribution >= 4 is 50.4 Å². The summed E-state index contributed by atoms with van der Waals surface area (Å²) in [5.74, 6) is 0. The summed E-state index contributed by atoms with van der Waals surface area (Å²) in [5.41, 5.74) is 0.361. The van der Waals surface area contributed by atoms with E-state index in [2.05, 4.69) is 15.9 Å². The summed E-state index contributed by atoms with van der Waals surface area (Å²) in [5, 5.41) is 0. The van der Waals surface area contributed by atoms with Gasteiger partial charge in [-0.05, 0) is 43.0 Å². The van der Waals surface area contributed by atoms with E-state index in [0.717, 1.165) is 14.2 Å². The molecular weight excluding hydrogens is 331 g/mol. The van der Waals surface area contributed by atoms with Crippen LogP contribution in [0.2, 0.25) is 0 Å². The molecule has 0 aliphatic carbocycles. The number of sulfone groups is 1. The van der Waals surface area contributed by atoms with Crippen molar-refractivity contribution in [2.75, 3.05) is 0 Å². The van der Waals surface area contributed by atoms with Crippen molar-refractivity contribution in [1.82, 2.24) is 0 Å². The highest BCUT2D eigenvalue weighted by Gasteiger charge is 2.24. The van der Waals surface area contributed by atoms with Crippen LogP contribution < -0.4 is 5.46 Å². The third kappa shape index (κ3) is 2.29. The lowest BCUT2D eigenvalue weighted by Crippen LogP contribution is -2.15. The molecule has 1 heterocycles. The van der Waals surface area contributed by atoms with Crippen LogP contribution in [0.15, 0.2) is 38.5 Å². The highest BCUT2D eigenvalue weighted by molar-refractivity contribution is 9.10. The van der Waals surface area contributed by atoms with Crippen molar-refractivity contribution in [1.29, 1.82) is 0 Å². The fourth-order valence-corrected chi connectivity index (χ4v) is 4.95. The molecule has 0 bridgehead atoms. The molecule has 6 heteroatoms. The fraction of sp³-hybridized carbons (Fsp3) is 0.167. The van der Waals surface area contributed by atoms with Crippen LogP contribution in [-0.4, -0.2) is 16.3 Å². The van der Waals surface area contributed by atoms with Crippen LogP contribution in [0.25, 0.3) is 0 Å². The molecule has 0 saturated heterocycles. The Morgan fingerprint density at radius 3 is 2.11 bits per heavy atom. The minimum atomic E-state index is -3.53. The number of aryl methyl sites for hydroxylation is 2. The zero-order chi connectivity index (χ0) is 13.5. The molecule has 92 valence electrons.